The van der Waals surface area contributed by atoms with E-state index in [0.717, 1.165) is 5.56 Å². The molecule has 6 nitrogen and oxygen atoms in total. The van der Waals surface area contributed by atoms with E-state index in [2.05, 4.69) is 4.90 Å². The van der Waals surface area contributed by atoms with Gasteiger partial charge in [0.1, 0.15) is 0 Å². The summed E-state index contributed by atoms with van der Waals surface area (Å²) in [4.78, 5) is 13.6. The molecule has 1 aliphatic rings. The van der Waals surface area contributed by atoms with Gasteiger partial charge in [0.15, 0.2) is 11.5 Å². The van der Waals surface area contributed by atoms with Crippen molar-refractivity contribution in [2.75, 3.05) is 40.4 Å². The van der Waals surface area contributed by atoms with E-state index in [1.807, 2.05) is 18.2 Å². The quantitative estimate of drug-likeness (QED) is 0.806. The summed E-state index contributed by atoms with van der Waals surface area (Å²) >= 11 is 0. The molecular weight excluding hydrogens is 272 g/mol. The van der Waals surface area contributed by atoms with Crippen LogP contribution in [0.3, 0.4) is 0 Å². The second-order valence-electron chi connectivity index (χ2n) is 5.18. The van der Waals surface area contributed by atoms with Gasteiger partial charge in [0.25, 0.3) is 0 Å². The van der Waals surface area contributed by atoms with E-state index in [0.29, 0.717) is 37.7 Å². The van der Waals surface area contributed by atoms with Gasteiger partial charge in [-0.25, -0.2) is 0 Å². The zero-order valence-electron chi connectivity index (χ0n) is 12.4. The van der Waals surface area contributed by atoms with Crippen LogP contribution in [0.5, 0.6) is 11.5 Å². The standard InChI is InChI=1S/C15H22N2O4/c1-20-13-5-3-4-10(14(13)21-2)11-8-17(7-6-16)9-12(11)15(18)19/h3-5,11-12H,6-9,16H2,1-2H3,(H,18,19)/t11-,12+/m0/s1. The van der Waals surface area contributed by atoms with Gasteiger partial charge < -0.3 is 25.2 Å². The van der Waals surface area contributed by atoms with Crippen LogP contribution in [0, 0.1) is 5.92 Å². The summed E-state index contributed by atoms with van der Waals surface area (Å²) in [7, 11) is 3.15. The molecule has 1 aromatic carbocycles. The van der Waals surface area contributed by atoms with Gasteiger partial charge in [0.05, 0.1) is 20.1 Å². The first kappa shape index (κ1) is 15.6. The zero-order chi connectivity index (χ0) is 15.4. The lowest BCUT2D eigenvalue weighted by Crippen LogP contribution is -2.28. The highest BCUT2D eigenvalue weighted by Gasteiger charge is 2.39. The van der Waals surface area contributed by atoms with Gasteiger partial charge in [-0.1, -0.05) is 12.1 Å². The molecule has 6 heteroatoms. The van der Waals surface area contributed by atoms with Gasteiger partial charge in [-0.3, -0.25) is 4.79 Å². The highest BCUT2D eigenvalue weighted by molar-refractivity contribution is 5.73. The van der Waals surface area contributed by atoms with Crippen LogP contribution >= 0.6 is 0 Å². The van der Waals surface area contributed by atoms with Gasteiger partial charge in [-0.05, 0) is 6.07 Å². The van der Waals surface area contributed by atoms with E-state index < -0.39 is 11.9 Å². The lowest BCUT2D eigenvalue weighted by molar-refractivity contribution is -0.141. The highest BCUT2D eigenvalue weighted by atomic mass is 16.5. The van der Waals surface area contributed by atoms with Crippen molar-refractivity contribution in [2.45, 2.75) is 5.92 Å². The monoisotopic (exact) mass is 294 g/mol. The molecule has 0 bridgehead atoms. The predicted octanol–water partition coefficient (Wildman–Crippen LogP) is 0.762. The molecule has 1 fully saturated rings. The number of para-hydroxylation sites is 1. The van der Waals surface area contributed by atoms with E-state index in [1.165, 1.54) is 0 Å². The average Bonchev–Trinajstić information content (AvgIpc) is 2.90. The van der Waals surface area contributed by atoms with Crippen molar-refractivity contribution in [3.63, 3.8) is 0 Å². The smallest absolute Gasteiger partial charge is 0.308 e. The molecule has 116 valence electrons. The molecule has 0 aromatic heterocycles. The lowest BCUT2D eigenvalue weighted by Gasteiger charge is -2.20. The Balaban J connectivity index is 2.36. The minimum absolute atomic E-state index is 0.126. The second-order valence-corrected chi connectivity index (χ2v) is 5.18. The number of hydrogen-bond donors (Lipinski definition) is 2. The topological polar surface area (TPSA) is 85.0 Å². The van der Waals surface area contributed by atoms with Crippen molar-refractivity contribution in [1.29, 1.82) is 0 Å². The summed E-state index contributed by atoms with van der Waals surface area (Å²) in [6.07, 6.45) is 0. The number of hydrogen-bond acceptors (Lipinski definition) is 5. The maximum Gasteiger partial charge on any atom is 0.308 e. The van der Waals surface area contributed by atoms with Crippen molar-refractivity contribution in [3.8, 4) is 11.5 Å². The normalized spacial score (nSPS) is 22.2. The summed E-state index contributed by atoms with van der Waals surface area (Å²) < 4.78 is 10.7. The first-order chi connectivity index (χ1) is 10.1. The number of carboxylic acid groups (broad SMARTS) is 1. The number of nitrogens with zero attached hydrogens (tertiary/aromatic N) is 1. The van der Waals surface area contributed by atoms with Crippen LogP contribution < -0.4 is 15.2 Å². The van der Waals surface area contributed by atoms with Gasteiger partial charge >= 0.3 is 5.97 Å². The number of nitrogens with two attached hydrogens (primary N) is 1. The van der Waals surface area contributed by atoms with E-state index in [1.54, 1.807) is 14.2 Å². The molecule has 3 N–H and O–H groups in total. The van der Waals surface area contributed by atoms with Crippen LogP contribution in [-0.4, -0.2) is 56.4 Å². The van der Waals surface area contributed by atoms with Gasteiger partial charge in [0.2, 0.25) is 0 Å². The number of ether oxygens (including phenoxy) is 2. The Hall–Kier alpha value is -1.79. The molecule has 2 rings (SSSR count). The molecule has 0 spiro atoms. The summed E-state index contributed by atoms with van der Waals surface area (Å²) in [5, 5.41) is 9.49. The first-order valence-corrected chi connectivity index (χ1v) is 6.98. The Morgan fingerprint density at radius 1 is 1.38 bits per heavy atom. The molecule has 0 aliphatic carbocycles. The number of carbonyl (C=O) groups is 1. The summed E-state index contributed by atoms with van der Waals surface area (Å²) in [5.41, 5.74) is 6.46. The lowest BCUT2D eigenvalue weighted by atomic mass is 9.88. The number of methoxy groups -OCH3 is 2. The SMILES string of the molecule is COc1cccc([C@@H]2CN(CCN)C[C@H]2C(=O)O)c1OC. The third kappa shape index (κ3) is 3.11. The number of likely N-dealkylation sites (tertiary alicyclic amines) is 1. The van der Waals surface area contributed by atoms with Crippen molar-refractivity contribution in [2.24, 2.45) is 11.7 Å². The molecule has 2 atom stereocenters. The Morgan fingerprint density at radius 2 is 2.14 bits per heavy atom. The highest BCUT2D eigenvalue weighted by Crippen LogP contribution is 2.41. The maximum atomic E-state index is 11.6. The van der Waals surface area contributed by atoms with E-state index in [9.17, 15) is 9.90 Å². The molecule has 21 heavy (non-hydrogen) atoms. The number of carboxylic acids is 1. The van der Waals surface area contributed by atoms with Gasteiger partial charge in [-0.2, -0.15) is 0 Å². The first-order valence-electron chi connectivity index (χ1n) is 6.98. The van der Waals surface area contributed by atoms with E-state index in [4.69, 9.17) is 15.2 Å². The maximum absolute atomic E-state index is 11.6. The number of aliphatic carboxylic acids is 1. The Kier molecular flexibility index (Phi) is 5.03. The fourth-order valence-corrected chi connectivity index (χ4v) is 3.02. The van der Waals surface area contributed by atoms with Crippen LogP contribution in [0.1, 0.15) is 11.5 Å². The Bertz CT molecular complexity index is 506. The zero-order valence-corrected chi connectivity index (χ0v) is 12.4. The van der Waals surface area contributed by atoms with Crippen LogP contribution in [0.2, 0.25) is 0 Å². The van der Waals surface area contributed by atoms with E-state index in [-0.39, 0.29) is 5.92 Å². The molecule has 0 saturated carbocycles. The van der Waals surface area contributed by atoms with Crippen molar-refractivity contribution in [3.05, 3.63) is 23.8 Å². The predicted molar refractivity (Wildman–Crippen MR) is 78.9 cm³/mol. The minimum atomic E-state index is -0.788. The second kappa shape index (κ2) is 6.78. The van der Waals surface area contributed by atoms with Crippen LogP contribution in [0.25, 0.3) is 0 Å². The molecule has 0 radical (unpaired) electrons. The third-order valence-electron chi connectivity index (χ3n) is 3.99. The van der Waals surface area contributed by atoms with Gasteiger partial charge in [0, 0.05) is 37.7 Å². The molecule has 0 amide bonds. The summed E-state index contributed by atoms with van der Waals surface area (Å²) in [5.74, 6) is -0.136. The summed E-state index contributed by atoms with van der Waals surface area (Å²) in [6, 6.07) is 5.58. The summed E-state index contributed by atoms with van der Waals surface area (Å²) in [6.45, 7) is 2.40. The number of benzene rings is 1. The van der Waals surface area contributed by atoms with Crippen molar-refractivity contribution >= 4 is 5.97 Å². The fourth-order valence-electron chi connectivity index (χ4n) is 3.02. The van der Waals surface area contributed by atoms with Crippen LogP contribution in [0.4, 0.5) is 0 Å². The average molecular weight is 294 g/mol. The largest absolute Gasteiger partial charge is 0.493 e. The molecule has 0 unspecified atom stereocenters. The molecule has 1 aliphatic heterocycles. The number of rotatable bonds is 6. The Labute approximate surface area is 124 Å². The van der Waals surface area contributed by atoms with Crippen molar-refractivity contribution < 1.29 is 19.4 Å². The fraction of sp³-hybridized carbons (Fsp3) is 0.533. The van der Waals surface area contributed by atoms with Crippen LogP contribution in [0.15, 0.2) is 18.2 Å². The van der Waals surface area contributed by atoms with Crippen molar-refractivity contribution in [1.82, 2.24) is 4.90 Å². The molecule has 1 heterocycles. The minimum Gasteiger partial charge on any atom is -0.493 e. The molecule has 1 aromatic rings. The molecular formula is C15H22N2O4. The van der Waals surface area contributed by atoms with Crippen LogP contribution in [-0.2, 0) is 4.79 Å². The third-order valence-corrected chi connectivity index (χ3v) is 3.99. The molecule has 1 saturated heterocycles. The Morgan fingerprint density at radius 3 is 2.71 bits per heavy atom. The van der Waals surface area contributed by atoms with Gasteiger partial charge in [-0.15, -0.1) is 0 Å². The van der Waals surface area contributed by atoms with E-state index >= 15 is 0 Å².